The second-order valence-electron chi connectivity index (χ2n) is 6.17. The van der Waals surface area contributed by atoms with Crippen molar-refractivity contribution in [1.29, 1.82) is 0 Å². The second kappa shape index (κ2) is 7.89. The maximum absolute atomic E-state index is 13.2. The van der Waals surface area contributed by atoms with E-state index in [1.165, 1.54) is 0 Å². The van der Waals surface area contributed by atoms with E-state index in [9.17, 15) is 4.79 Å². The molecule has 5 nitrogen and oxygen atoms in total. The molecule has 2 N–H and O–H groups in total. The normalized spacial score (nSPS) is 11.4. The van der Waals surface area contributed by atoms with Crippen LogP contribution in [0.3, 0.4) is 0 Å². The quantitative estimate of drug-likeness (QED) is 0.674. The Labute approximate surface area is 158 Å². The summed E-state index contributed by atoms with van der Waals surface area (Å²) >= 11 is 6.00. The molecule has 0 saturated carbocycles. The number of anilines is 1. The van der Waals surface area contributed by atoms with E-state index in [4.69, 9.17) is 17.3 Å². The van der Waals surface area contributed by atoms with Gasteiger partial charge < -0.3 is 10.6 Å². The topological polar surface area (TPSA) is 64.2 Å². The fraction of sp³-hybridized carbons (Fsp3) is 0.300. The summed E-state index contributed by atoms with van der Waals surface area (Å²) in [5.74, 6) is 0. The number of aromatic nitrogens is 2. The van der Waals surface area contributed by atoms with Crippen molar-refractivity contribution in [2.24, 2.45) is 0 Å². The van der Waals surface area contributed by atoms with Crippen LogP contribution in [0, 0.1) is 0 Å². The molecule has 0 fully saturated rings. The molecule has 136 valence electrons. The van der Waals surface area contributed by atoms with Crippen molar-refractivity contribution in [3.05, 3.63) is 63.5 Å². The average Bonchev–Trinajstić information content (AvgIpc) is 2.64. The summed E-state index contributed by atoms with van der Waals surface area (Å²) < 4.78 is 1.67. The minimum absolute atomic E-state index is 0.113. The zero-order valence-corrected chi connectivity index (χ0v) is 15.8. The number of likely N-dealkylation sites (N-methyl/N-ethyl adjacent to an activating group) is 1. The van der Waals surface area contributed by atoms with Gasteiger partial charge in [-0.05, 0) is 49.5 Å². The van der Waals surface area contributed by atoms with Crippen LogP contribution in [0.5, 0.6) is 0 Å². The van der Waals surface area contributed by atoms with E-state index in [0.29, 0.717) is 33.9 Å². The number of fused-ring (bicyclic) bond motifs is 1. The van der Waals surface area contributed by atoms with Crippen LogP contribution in [0.15, 0.2) is 47.3 Å². The van der Waals surface area contributed by atoms with Crippen molar-refractivity contribution in [1.82, 2.24) is 14.5 Å². The highest BCUT2D eigenvalue weighted by molar-refractivity contribution is 6.30. The number of halogens is 1. The van der Waals surface area contributed by atoms with Gasteiger partial charge in [-0.3, -0.25) is 9.36 Å². The summed E-state index contributed by atoms with van der Waals surface area (Å²) in [7, 11) is 0. The van der Waals surface area contributed by atoms with Crippen LogP contribution in [0.2, 0.25) is 5.02 Å². The highest BCUT2D eigenvalue weighted by atomic mass is 35.5. The molecule has 0 spiro atoms. The molecule has 0 bridgehead atoms. The van der Waals surface area contributed by atoms with E-state index in [2.05, 4.69) is 23.7 Å². The minimum atomic E-state index is -0.113. The summed E-state index contributed by atoms with van der Waals surface area (Å²) in [5, 5.41) is 0.626. The SMILES string of the molecule is CCN(CC)CCc1nc2c(N)cccc2n(-c2ccc(Cl)cc2)c1=O. The van der Waals surface area contributed by atoms with Crippen molar-refractivity contribution in [3.63, 3.8) is 0 Å². The fourth-order valence-corrected chi connectivity index (χ4v) is 3.21. The van der Waals surface area contributed by atoms with E-state index in [1.54, 1.807) is 22.8 Å². The lowest BCUT2D eigenvalue weighted by Crippen LogP contribution is -2.30. The molecule has 0 aliphatic rings. The van der Waals surface area contributed by atoms with Gasteiger partial charge in [0.1, 0.15) is 11.2 Å². The van der Waals surface area contributed by atoms with Crippen molar-refractivity contribution >= 4 is 28.3 Å². The monoisotopic (exact) mass is 370 g/mol. The molecule has 0 unspecified atom stereocenters. The van der Waals surface area contributed by atoms with Gasteiger partial charge in [-0.25, -0.2) is 4.98 Å². The Morgan fingerprint density at radius 3 is 2.46 bits per heavy atom. The molecule has 6 heteroatoms. The number of para-hydroxylation sites is 1. The van der Waals surface area contributed by atoms with Crippen LogP contribution in [0.25, 0.3) is 16.7 Å². The number of benzene rings is 2. The maximum atomic E-state index is 13.2. The lowest BCUT2D eigenvalue weighted by molar-refractivity contribution is 0.306. The average molecular weight is 371 g/mol. The molecular weight excluding hydrogens is 348 g/mol. The smallest absolute Gasteiger partial charge is 0.277 e. The Morgan fingerprint density at radius 2 is 1.81 bits per heavy atom. The first-order chi connectivity index (χ1) is 12.5. The molecule has 1 aromatic heterocycles. The Kier molecular flexibility index (Phi) is 5.59. The fourth-order valence-electron chi connectivity index (χ4n) is 3.09. The predicted molar refractivity (Wildman–Crippen MR) is 108 cm³/mol. The van der Waals surface area contributed by atoms with Crippen LogP contribution >= 0.6 is 11.6 Å². The summed E-state index contributed by atoms with van der Waals surface area (Å²) in [4.78, 5) is 20.1. The number of hydrogen-bond acceptors (Lipinski definition) is 4. The molecular formula is C20H23ClN4O. The van der Waals surface area contributed by atoms with Crippen LogP contribution in [-0.4, -0.2) is 34.1 Å². The zero-order chi connectivity index (χ0) is 18.7. The predicted octanol–water partition coefficient (Wildman–Crippen LogP) is 3.51. The molecule has 0 radical (unpaired) electrons. The zero-order valence-electron chi connectivity index (χ0n) is 15.1. The Balaban J connectivity index is 2.18. The first-order valence-electron chi connectivity index (χ1n) is 8.83. The Hall–Kier alpha value is -2.37. The van der Waals surface area contributed by atoms with Crippen molar-refractivity contribution in [2.75, 3.05) is 25.4 Å². The lowest BCUT2D eigenvalue weighted by Gasteiger charge is -2.18. The third-order valence-electron chi connectivity index (χ3n) is 4.63. The Bertz CT molecular complexity index is 962. The number of nitrogen functional groups attached to an aromatic ring is 1. The molecule has 26 heavy (non-hydrogen) atoms. The van der Waals surface area contributed by atoms with Gasteiger partial charge >= 0.3 is 0 Å². The summed E-state index contributed by atoms with van der Waals surface area (Å²) in [5.41, 5.74) is 9.22. The van der Waals surface area contributed by atoms with Gasteiger partial charge in [-0.15, -0.1) is 0 Å². The largest absolute Gasteiger partial charge is 0.397 e. The van der Waals surface area contributed by atoms with Crippen LogP contribution < -0.4 is 11.3 Å². The number of nitrogens with two attached hydrogens (primary N) is 1. The highest BCUT2D eigenvalue weighted by Gasteiger charge is 2.15. The Morgan fingerprint density at radius 1 is 1.12 bits per heavy atom. The van der Waals surface area contributed by atoms with Crippen molar-refractivity contribution < 1.29 is 0 Å². The van der Waals surface area contributed by atoms with E-state index >= 15 is 0 Å². The molecule has 3 rings (SSSR count). The van der Waals surface area contributed by atoms with Crippen LogP contribution in [0.4, 0.5) is 5.69 Å². The maximum Gasteiger partial charge on any atom is 0.277 e. The third-order valence-corrected chi connectivity index (χ3v) is 4.88. The van der Waals surface area contributed by atoms with E-state index in [-0.39, 0.29) is 5.56 Å². The van der Waals surface area contributed by atoms with E-state index in [0.717, 1.165) is 25.3 Å². The first kappa shape index (κ1) is 18.4. The summed E-state index contributed by atoms with van der Waals surface area (Å²) in [6, 6.07) is 12.7. The highest BCUT2D eigenvalue weighted by Crippen LogP contribution is 2.21. The van der Waals surface area contributed by atoms with Gasteiger partial charge in [0.15, 0.2) is 0 Å². The molecule has 0 amide bonds. The minimum Gasteiger partial charge on any atom is -0.397 e. The number of rotatable bonds is 6. The van der Waals surface area contributed by atoms with Gasteiger partial charge in [-0.2, -0.15) is 0 Å². The summed E-state index contributed by atoms with van der Waals surface area (Å²) in [6.45, 7) is 6.89. The molecule has 0 aliphatic carbocycles. The molecule has 0 aliphatic heterocycles. The van der Waals surface area contributed by atoms with E-state index < -0.39 is 0 Å². The third kappa shape index (κ3) is 3.59. The molecule has 3 aromatic rings. The second-order valence-corrected chi connectivity index (χ2v) is 6.60. The first-order valence-corrected chi connectivity index (χ1v) is 9.21. The van der Waals surface area contributed by atoms with Crippen molar-refractivity contribution in [3.8, 4) is 5.69 Å². The summed E-state index contributed by atoms with van der Waals surface area (Å²) in [6.07, 6.45) is 0.582. The van der Waals surface area contributed by atoms with Gasteiger partial charge in [0, 0.05) is 23.7 Å². The van der Waals surface area contributed by atoms with Crippen LogP contribution in [0.1, 0.15) is 19.5 Å². The number of nitrogens with zero attached hydrogens (tertiary/aromatic N) is 3. The molecule has 1 heterocycles. The lowest BCUT2D eigenvalue weighted by atomic mass is 10.2. The van der Waals surface area contributed by atoms with Crippen LogP contribution in [-0.2, 0) is 6.42 Å². The molecule has 0 atom stereocenters. The van der Waals surface area contributed by atoms with Gasteiger partial charge in [0.25, 0.3) is 5.56 Å². The standard InChI is InChI=1S/C20H23ClN4O/c1-3-24(4-2)13-12-17-20(26)25(15-10-8-14(21)9-11-15)18-7-5-6-16(22)19(18)23-17/h5-11H,3-4,12-13,22H2,1-2H3. The van der Waals surface area contributed by atoms with Gasteiger partial charge in [-0.1, -0.05) is 31.5 Å². The van der Waals surface area contributed by atoms with E-state index in [1.807, 2.05) is 24.3 Å². The van der Waals surface area contributed by atoms with Gasteiger partial charge in [0.2, 0.25) is 0 Å². The van der Waals surface area contributed by atoms with Gasteiger partial charge in [0.05, 0.1) is 11.2 Å². The number of hydrogen-bond donors (Lipinski definition) is 1. The molecule has 0 saturated heterocycles. The van der Waals surface area contributed by atoms with Crippen molar-refractivity contribution in [2.45, 2.75) is 20.3 Å². The molecule has 2 aromatic carbocycles.